The van der Waals surface area contributed by atoms with Crippen LogP contribution >= 0.6 is 11.8 Å². The quantitative estimate of drug-likeness (QED) is 0.859. The van der Waals surface area contributed by atoms with Gasteiger partial charge in [-0.3, -0.25) is 4.79 Å². The van der Waals surface area contributed by atoms with Crippen molar-refractivity contribution >= 4 is 23.7 Å². The summed E-state index contributed by atoms with van der Waals surface area (Å²) in [6.07, 6.45) is 0.724. The third kappa shape index (κ3) is 2.76. The maximum atomic E-state index is 11.5. The van der Waals surface area contributed by atoms with Crippen LogP contribution in [-0.2, 0) is 9.53 Å². The van der Waals surface area contributed by atoms with E-state index in [1.807, 2.05) is 19.9 Å². The van der Waals surface area contributed by atoms with Gasteiger partial charge in [-0.05, 0) is 25.0 Å². The number of aromatic carboxylic acids is 1. The van der Waals surface area contributed by atoms with Crippen LogP contribution in [0.1, 0.15) is 42.1 Å². The number of carboxylic acids is 1. The van der Waals surface area contributed by atoms with Crippen LogP contribution in [-0.4, -0.2) is 27.7 Å². The summed E-state index contributed by atoms with van der Waals surface area (Å²) in [6.45, 7) is 3.78. The molecule has 1 aliphatic rings. The zero-order chi connectivity index (χ0) is 14.0. The topological polar surface area (TPSA) is 63.6 Å². The van der Waals surface area contributed by atoms with Crippen LogP contribution in [0.15, 0.2) is 24.3 Å². The molecule has 102 valence electrons. The van der Waals surface area contributed by atoms with Crippen molar-refractivity contribution in [2.24, 2.45) is 0 Å². The van der Waals surface area contributed by atoms with Crippen molar-refractivity contribution in [1.29, 1.82) is 0 Å². The van der Waals surface area contributed by atoms with Gasteiger partial charge in [0.1, 0.15) is 5.25 Å². The Morgan fingerprint density at radius 2 is 2.16 bits per heavy atom. The molecule has 0 saturated carbocycles. The van der Waals surface area contributed by atoms with Crippen LogP contribution in [0, 0.1) is 0 Å². The molecule has 1 saturated heterocycles. The molecule has 1 unspecified atom stereocenters. The SMILES string of the molecule is CC[C@@H](c1ccccc1C(=O)O)C1OC(=O)[C@H](C)S1. The fraction of sp³-hybridized carbons (Fsp3) is 0.429. The van der Waals surface area contributed by atoms with E-state index in [0.29, 0.717) is 0 Å². The first-order chi connectivity index (χ1) is 9.04. The molecular weight excluding hydrogens is 264 g/mol. The first-order valence-corrected chi connectivity index (χ1v) is 7.17. The van der Waals surface area contributed by atoms with Gasteiger partial charge in [0.05, 0.1) is 5.56 Å². The summed E-state index contributed by atoms with van der Waals surface area (Å²) in [5.41, 5.74) is 0.718. The highest BCUT2D eigenvalue weighted by Crippen LogP contribution is 2.40. The summed E-state index contributed by atoms with van der Waals surface area (Å²) in [5.74, 6) is -1.26. The second kappa shape index (κ2) is 5.65. The van der Waals surface area contributed by atoms with Gasteiger partial charge in [-0.1, -0.05) is 25.1 Å². The predicted molar refractivity (Wildman–Crippen MR) is 73.4 cm³/mol. The normalized spacial score (nSPS) is 24.0. The van der Waals surface area contributed by atoms with E-state index in [9.17, 15) is 14.7 Å². The molecule has 19 heavy (non-hydrogen) atoms. The van der Waals surface area contributed by atoms with Gasteiger partial charge in [0.2, 0.25) is 0 Å². The standard InChI is InChI=1S/C14H16O4S/c1-3-9(14-18-13(17)8(2)19-14)10-6-4-5-7-11(10)12(15)16/h4-9,14H,3H2,1-2H3,(H,15,16)/t8-,9-,14?/m0/s1. The van der Waals surface area contributed by atoms with Crippen molar-refractivity contribution in [3.63, 3.8) is 0 Å². The number of ether oxygens (including phenoxy) is 1. The Kier molecular flexibility index (Phi) is 4.14. The number of thioether (sulfide) groups is 1. The second-order valence-corrected chi connectivity index (χ2v) is 5.93. The number of esters is 1. The van der Waals surface area contributed by atoms with Crippen LogP contribution < -0.4 is 0 Å². The van der Waals surface area contributed by atoms with E-state index < -0.39 is 5.97 Å². The molecule has 1 aromatic rings. The first-order valence-electron chi connectivity index (χ1n) is 6.22. The van der Waals surface area contributed by atoms with Crippen molar-refractivity contribution in [2.45, 2.75) is 36.9 Å². The molecule has 0 bridgehead atoms. The molecule has 1 aliphatic heterocycles. The third-order valence-electron chi connectivity index (χ3n) is 3.26. The van der Waals surface area contributed by atoms with E-state index in [1.54, 1.807) is 18.2 Å². The predicted octanol–water partition coefficient (Wildman–Crippen LogP) is 2.88. The Morgan fingerprint density at radius 1 is 1.47 bits per heavy atom. The Bertz CT molecular complexity index is 500. The van der Waals surface area contributed by atoms with E-state index in [1.165, 1.54) is 11.8 Å². The third-order valence-corrected chi connectivity index (χ3v) is 4.56. The summed E-state index contributed by atoms with van der Waals surface area (Å²) in [5, 5.41) is 9.06. The van der Waals surface area contributed by atoms with Crippen LogP contribution in [0.3, 0.4) is 0 Å². The zero-order valence-corrected chi connectivity index (χ0v) is 11.6. The first kappa shape index (κ1) is 13.9. The Balaban J connectivity index is 2.33. The molecule has 0 aromatic heterocycles. The van der Waals surface area contributed by atoms with Crippen molar-refractivity contribution in [2.75, 3.05) is 0 Å². The van der Waals surface area contributed by atoms with Crippen LogP contribution in [0.4, 0.5) is 0 Å². The van der Waals surface area contributed by atoms with Gasteiger partial charge in [-0.2, -0.15) is 0 Å². The molecule has 1 heterocycles. The lowest BCUT2D eigenvalue weighted by Crippen LogP contribution is -2.18. The maximum absolute atomic E-state index is 11.5. The highest BCUT2D eigenvalue weighted by molar-refractivity contribution is 8.01. The lowest BCUT2D eigenvalue weighted by molar-refractivity contribution is -0.142. The largest absolute Gasteiger partial charge is 0.478 e. The number of cyclic esters (lactones) is 1. The van der Waals surface area contributed by atoms with E-state index in [2.05, 4.69) is 0 Å². The molecule has 1 fully saturated rings. The fourth-order valence-electron chi connectivity index (χ4n) is 2.25. The Hall–Kier alpha value is -1.49. The summed E-state index contributed by atoms with van der Waals surface area (Å²) in [7, 11) is 0. The molecule has 5 heteroatoms. The molecule has 0 radical (unpaired) electrons. The number of carbonyl (C=O) groups is 2. The van der Waals surface area contributed by atoms with Crippen molar-refractivity contribution in [3.05, 3.63) is 35.4 Å². The van der Waals surface area contributed by atoms with Crippen molar-refractivity contribution in [3.8, 4) is 0 Å². The summed E-state index contributed by atoms with van der Waals surface area (Å²) in [4.78, 5) is 22.8. The van der Waals surface area contributed by atoms with Crippen molar-refractivity contribution in [1.82, 2.24) is 0 Å². The number of carbonyl (C=O) groups excluding carboxylic acids is 1. The van der Waals surface area contributed by atoms with E-state index in [0.717, 1.165) is 12.0 Å². The Morgan fingerprint density at radius 3 is 2.68 bits per heavy atom. The number of carboxylic acid groups (broad SMARTS) is 1. The molecule has 1 aromatic carbocycles. The summed E-state index contributed by atoms with van der Waals surface area (Å²) < 4.78 is 5.35. The zero-order valence-electron chi connectivity index (χ0n) is 10.8. The average Bonchev–Trinajstić information content (AvgIpc) is 2.70. The van der Waals surface area contributed by atoms with Gasteiger partial charge in [0.25, 0.3) is 0 Å². The summed E-state index contributed by atoms with van der Waals surface area (Å²) >= 11 is 1.46. The van der Waals surface area contributed by atoms with Crippen molar-refractivity contribution < 1.29 is 19.4 Å². The maximum Gasteiger partial charge on any atom is 0.335 e. The lowest BCUT2D eigenvalue weighted by atomic mass is 9.92. The number of benzene rings is 1. The molecule has 0 spiro atoms. The minimum atomic E-state index is -0.948. The van der Waals surface area contributed by atoms with Gasteiger partial charge in [-0.25, -0.2) is 4.79 Å². The summed E-state index contributed by atoms with van der Waals surface area (Å²) in [6, 6.07) is 6.91. The highest BCUT2D eigenvalue weighted by Gasteiger charge is 2.38. The second-order valence-electron chi connectivity index (χ2n) is 4.49. The van der Waals surface area contributed by atoms with Gasteiger partial charge >= 0.3 is 11.9 Å². The Labute approximate surface area is 116 Å². The smallest absolute Gasteiger partial charge is 0.335 e. The lowest BCUT2D eigenvalue weighted by Gasteiger charge is -2.22. The van der Waals surface area contributed by atoms with Gasteiger partial charge in [-0.15, -0.1) is 11.8 Å². The molecule has 0 aliphatic carbocycles. The van der Waals surface area contributed by atoms with Gasteiger partial charge < -0.3 is 9.84 Å². The van der Waals surface area contributed by atoms with Gasteiger partial charge in [0.15, 0.2) is 5.44 Å². The molecule has 0 amide bonds. The minimum Gasteiger partial charge on any atom is -0.478 e. The average molecular weight is 280 g/mol. The van der Waals surface area contributed by atoms with E-state index in [4.69, 9.17) is 4.74 Å². The van der Waals surface area contributed by atoms with Gasteiger partial charge in [0, 0.05) is 5.92 Å². The monoisotopic (exact) mass is 280 g/mol. The van der Waals surface area contributed by atoms with Crippen LogP contribution in [0.2, 0.25) is 0 Å². The fourth-order valence-corrected chi connectivity index (χ4v) is 3.49. The molecule has 1 N–H and O–H groups in total. The molecule has 4 nitrogen and oxygen atoms in total. The molecular formula is C14H16O4S. The molecule has 2 rings (SSSR count). The van der Waals surface area contributed by atoms with Crippen LogP contribution in [0.25, 0.3) is 0 Å². The highest BCUT2D eigenvalue weighted by atomic mass is 32.2. The van der Waals surface area contributed by atoms with E-state index in [-0.39, 0.29) is 28.1 Å². The number of hydrogen-bond donors (Lipinski definition) is 1. The van der Waals surface area contributed by atoms with E-state index >= 15 is 0 Å². The number of hydrogen-bond acceptors (Lipinski definition) is 4. The number of rotatable bonds is 4. The molecule has 3 atom stereocenters. The minimum absolute atomic E-state index is 0.0915. The van der Waals surface area contributed by atoms with Crippen LogP contribution in [0.5, 0.6) is 0 Å².